The zero-order chi connectivity index (χ0) is 14.6. The van der Waals surface area contributed by atoms with Crippen molar-refractivity contribution in [3.63, 3.8) is 0 Å². The number of nitriles is 1. The molecule has 0 aromatic heterocycles. The summed E-state index contributed by atoms with van der Waals surface area (Å²) in [6.45, 7) is 3.71. The normalized spacial score (nSPS) is 10.0. The molecule has 5 nitrogen and oxygen atoms in total. The number of carbonyl (C=O) groups excluding carboxylic acids is 1. The average Bonchev–Trinajstić information content (AvgIpc) is 2.46. The molecule has 0 heterocycles. The molecule has 0 aliphatic carbocycles. The van der Waals surface area contributed by atoms with Gasteiger partial charge in [0.1, 0.15) is 6.61 Å². The van der Waals surface area contributed by atoms with Crippen molar-refractivity contribution in [1.82, 2.24) is 0 Å². The molecular weight excluding hydrogens is 256 g/mol. The molecule has 0 saturated heterocycles. The molecule has 1 N–H and O–H groups in total. The van der Waals surface area contributed by atoms with Gasteiger partial charge in [0.2, 0.25) is 5.91 Å². The van der Waals surface area contributed by atoms with E-state index in [1.54, 1.807) is 24.3 Å². The monoisotopic (exact) mass is 276 g/mol. The fourth-order valence-corrected chi connectivity index (χ4v) is 1.49. The number of hydrogen-bond donors (Lipinski definition) is 1. The van der Waals surface area contributed by atoms with E-state index in [9.17, 15) is 4.79 Å². The predicted molar refractivity (Wildman–Crippen MR) is 76.3 cm³/mol. The van der Waals surface area contributed by atoms with E-state index >= 15 is 0 Å². The van der Waals surface area contributed by atoms with Crippen molar-refractivity contribution in [3.8, 4) is 6.07 Å². The first-order valence-electron chi connectivity index (χ1n) is 6.71. The molecule has 0 fully saturated rings. The molecule has 1 aromatic carbocycles. The van der Waals surface area contributed by atoms with Crippen LogP contribution in [-0.4, -0.2) is 32.3 Å². The predicted octanol–water partition coefficient (Wildman–Crippen LogP) is 2.33. The number of ether oxygens (including phenoxy) is 2. The minimum Gasteiger partial charge on any atom is -0.379 e. The van der Waals surface area contributed by atoms with Crippen LogP contribution in [0.4, 0.5) is 5.69 Å². The molecule has 0 radical (unpaired) electrons. The second kappa shape index (κ2) is 9.96. The Hall–Kier alpha value is -1.90. The lowest BCUT2D eigenvalue weighted by Gasteiger charge is -2.07. The van der Waals surface area contributed by atoms with Crippen LogP contribution in [0.2, 0.25) is 0 Å². The molecule has 0 unspecified atom stereocenters. The topological polar surface area (TPSA) is 71.3 Å². The number of amides is 1. The van der Waals surface area contributed by atoms with Crippen molar-refractivity contribution in [1.29, 1.82) is 5.26 Å². The van der Waals surface area contributed by atoms with Gasteiger partial charge in [-0.15, -0.1) is 0 Å². The van der Waals surface area contributed by atoms with Crippen LogP contribution >= 0.6 is 0 Å². The van der Waals surface area contributed by atoms with Crippen molar-refractivity contribution < 1.29 is 14.3 Å². The van der Waals surface area contributed by atoms with E-state index in [0.29, 0.717) is 24.5 Å². The van der Waals surface area contributed by atoms with Crippen LogP contribution in [0.1, 0.15) is 25.3 Å². The third-order valence-electron chi connectivity index (χ3n) is 2.52. The number of nitrogens with one attached hydrogen (secondary N) is 1. The van der Waals surface area contributed by atoms with Crippen LogP contribution in [0.25, 0.3) is 0 Å². The van der Waals surface area contributed by atoms with Gasteiger partial charge in [0.05, 0.1) is 24.8 Å². The number of rotatable bonds is 9. The number of carbonyl (C=O) groups is 1. The Kier molecular flexibility index (Phi) is 8.04. The molecule has 0 atom stereocenters. The maximum absolute atomic E-state index is 11.6. The summed E-state index contributed by atoms with van der Waals surface area (Å²) in [7, 11) is 0. The van der Waals surface area contributed by atoms with Gasteiger partial charge in [-0.3, -0.25) is 4.79 Å². The molecule has 0 bridgehead atoms. The zero-order valence-electron chi connectivity index (χ0n) is 11.7. The Labute approximate surface area is 119 Å². The van der Waals surface area contributed by atoms with Gasteiger partial charge in [-0.1, -0.05) is 19.4 Å². The lowest BCUT2D eigenvalue weighted by atomic mass is 10.2. The Bertz CT molecular complexity index is 455. The summed E-state index contributed by atoms with van der Waals surface area (Å²) in [6, 6.07) is 8.76. The fraction of sp³-hybridized carbons (Fsp3) is 0.467. The molecule has 5 heteroatoms. The minimum absolute atomic E-state index is 0.0199. The molecule has 108 valence electrons. The maximum Gasteiger partial charge on any atom is 0.250 e. The van der Waals surface area contributed by atoms with Crippen molar-refractivity contribution in [2.45, 2.75) is 19.8 Å². The Morgan fingerprint density at radius 3 is 2.85 bits per heavy atom. The Balaban J connectivity index is 2.15. The van der Waals surface area contributed by atoms with Gasteiger partial charge in [0.15, 0.2) is 0 Å². The van der Waals surface area contributed by atoms with Crippen LogP contribution in [-0.2, 0) is 14.3 Å². The molecule has 1 amide bonds. The summed E-state index contributed by atoms with van der Waals surface area (Å²) in [4.78, 5) is 11.6. The SMILES string of the molecule is CCCCOCCOCC(=O)Nc1cccc(C#N)c1. The standard InChI is InChI=1S/C15H20N2O3/c1-2-3-7-19-8-9-20-12-15(18)17-14-6-4-5-13(10-14)11-16/h4-6,10H,2-3,7-9,12H2,1H3,(H,17,18). The van der Waals surface area contributed by atoms with Crippen LogP contribution in [0, 0.1) is 11.3 Å². The summed E-state index contributed by atoms with van der Waals surface area (Å²) < 4.78 is 10.5. The molecule has 0 spiro atoms. The van der Waals surface area contributed by atoms with Gasteiger partial charge in [-0.05, 0) is 24.6 Å². The lowest BCUT2D eigenvalue weighted by molar-refractivity contribution is -0.121. The first-order valence-corrected chi connectivity index (χ1v) is 6.71. The number of anilines is 1. The smallest absolute Gasteiger partial charge is 0.250 e. The van der Waals surface area contributed by atoms with Gasteiger partial charge in [0.25, 0.3) is 0 Å². The molecule has 0 aliphatic heterocycles. The summed E-state index contributed by atoms with van der Waals surface area (Å²) in [5.41, 5.74) is 1.10. The van der Waals surface area contributed by atoms with Gasteiger partial charge >= 0.3 is 0 Å². The van der Waals surface area contributed by atoms with Crippen molar-refractivity contribution in [2.75, 3.05) is 31.7 Å². The molecule has 1 aromatic rings. The Morgan fingerprint density at radius 1 is 1.30 bits per heavy atom. The third kappa shape index (κ3) is 6.88. The van der Waals surface area contributed by atoms with E-state index in [-0.39, 0.29) is 12.5 Å². The van der Waals surface area contributed by atoms with E-state index in [0.717, 1.165) is 19.4 Å². The van der Waals surface area contributed by atoms with Gasteiger partial charge in [0, 0.05) is 12.3 Å². The summed E-state index contributed by atoms with van der Waals surface area (Å²) in [5.74, 6) is -0.242. The van der Waals surface area contributed by atoms with Crippen molar-refractivity contribution in [3.05, 3.63) is 29.8 Å². The third-order valence-corrected chi connectivity index (χ3v) is 2.52. The minimum atomic E-state index is -0.242. The zero-order valence-corrected chi connectivity index (χ0v) is 11.7. The molecule has 20 heavy (non-hydrogen) atoms. The van der Waals surface area contributed by atoms with Crippen molar-refractivity contribution in [2.24, 2.45) is 0 Å². The van der Waals surface area contributed by atoms with E-state index in [1.807, 2.05) is 6.07 Å². The van der Waals surface area contributed by atoms with Crippen molar-refractivity contribution >= 4 is 11.6 Å². The second-order valence-corrected chi connectivity index (χ2v) is 4.26. The lowest BCUT2D eigenvalue weighted by Crippen LogP contribution is -2.19. The Morgan fingerprint density at radius 2 is 2.10 bits per heavy atom. The first-order chi connectivity index (χ1) is 9.76. The van der Waals surface area contributed by atoms with E-state index in [2.05, 4.69) is 12.2 Å². The van der Waals surface area contributed by atoms with E-state index in [4.69, 9.17) is 14.7 Å². The average molecular weight is 276 g/mol. The fourth-order valence-electron chi connectivity index (χ4n) is 1.49. The second-order valence-electron chi connectivity index (χ2n) is 4.26. The van der Waals surface area contributed by atoms with Crippen LogP contribution < -0.4 is 5.32 Å². The number of nitrogens with zero attached hydrogens (tertiary/aromatic N) is 1. The highest BCUT2D eigenvalue weighted by Gasteiger charge is 2.03. The molecular formula is C15H20N2O3. The number of benzene rings is 1. The highest BCUT2D eigenvalue weighted by molar-refractivity contribution is 5.91. The van der Waals surface area contributed by atoms with Gasteiger partial charge < -0.3 is 14.8 Å². The maximum atomic E-state index is 11.6. The van der Waals surface area contributed by atoms with Crippen LogP contribution in [0.5, 0.6) is 0 Å². The molecule has 0 aliphatic rings. The first kappa shape index (κ1) is 16.2. The molecule has 0 saturated carbocycles. The summed E-state index contributed by atoms with van der Waals surface area (Å²) >= 11 is 0. The quantitative estimate of drug-likeness (QED) is 0.703. The summed E-state index contributed by atoms with van der Waals surface area (Å²) in [6.07, 6.45) is 2.14. The van der Waals surface area contributed by atoms with Gasteiger partial charge in [-0.25, -0.2) is 0 Å². The molecule has 1 rings (SSSR count). The highest BCUT2D eigenvalue weighted by Crippen LogP contribution is 2.09. The van der Waals surface area contributed by atoms with E-state index < -0.39 is 0 Å². The summed E-state index contributed by atoms with van der Waals surface area (Å²) in [5, 5.41) is 11.4. The van der Waals surface area contributed by atoms with Crippen LogP contribution in [0.15, 0.2) is 24.3 Å². The van der Waals surface area contributed by atoms with Crippen LogP contribution in [0.3, 0.4) is 0 Å². The van der Waals surface area contributed by atoms with Gasteiger partial charge in [-0.2, -0.15) is 5.26 Å². The highest BCUT2D eigenvalue weighted by atomic mass is 16.5. The number of unbranched alkanes of at least 4 members (excludes halogenated alkanes) is 1. The number of hydrogen-bond acceptors (Lipinski definition) is 4. The van der Waals surface area contributed by atoms with E-state index in [1.165, 1.54) is 0 Å². The largest absolute Gasteiger partial charge is 0.379 e.